The molecule has 0 amide bonds. The van der Waals surface area contributed by atoms with Gasteiger partial charge in [-0.25, -0.2) is 4.57 Å². The standard InChI is InChI=1S/C52H90NO7P/c1-6-8-10-12-14-16-18-20-22-24-26-27-28-29-31-33-35-37-39-41-43-45-52(54)60-51(50-59-61(55,56)58-48-46-53(3,4)5)49-57-47-44-42-40-38-36-34-32-30-25-23-21-19-17-15-13-11-9-7-2/h8-11,14-17,20-23,26-27,30,32,51H,6-7,12-13,18-19,24-25,28-29,31,33-50H2,1-5H3/p+1/b10-8-,11-9-,16-14-,17-15-,22-20-,23-21-,27-26-,32-30-. The minimum atomic E-state index is -4.29. The lowest BCUT2D eigenvalue weighted by Gasteiger charge is -2.24. The molecule has 0 spiro atoms. The normalized spacial score (nSPS) is 14.5. The SMILES string of the molecule is CC/C=C\C/C=C\C/C=C\C/C=C\CCCCCCCCCCC(=O)OC(COCCCCCCC/C=C\C/C=C\C/C=C\C/C=C\CC)COP(=O)(O)OCC[N+](C)(C)C. The maximum Gasteiger partial charge on any atom is 0.472 e. The van der Waals surface area contributed by atoms with Crippen LogP contribution in [0.15, 0.2) is 97.2 Å². The van der Waals surface area contributed by atoms with Crippen LogP contribution in [0, 0.1) is 0 Å². The van der Waals surface area contributed by atoms with Gasteiger partial charge in [0.05, 0.1) is 34.4 Å². The predicted molar refractivity (Wildman–Crippen MR) is 261 cm³/mol. The Labute approximate surface area is 375 Å². The minimum Gasteiger partial charge on any atom is -0.457 e. The molecule has 0 aliphatic heterocycles. The van der Waals surface area contributed by atoms with Gasteiger partial charge >= 0.3 is 13.8 Å². The summed E-state index contributed by atoms with van der Waals surface area (Å²) in [5.74, 6) is -0.333. The number of carbonyl (C=O) groups excluding carboxylic acids is 1. The molecule has 0 aliphatic carbocycles. The third kappa shape index (κ3) is 48.3. The summed E-state index contributed by atoms with van der Waals surface area (Å²) in [5, 5.41) is 0. The Morgan fingerprint density at radius 2 is 0.902 bits per heavy atom. The number of ether oxygens (including phenoxy) is 2. The Balaban J connectivity index is 4.26. The number of hydrogen-bond donors (Lipinski definition) is 1. The van der Waals surface area contributed by atoms with Gasteiger partial charge in [0, 0.05) is 13.0 Å². The summed E-state index contributed by atoms with van der Waals surface area (Å²) in [4.78, 5) is 23.0. The van der Waals surface area contributed by atoms with Crippen LogP contribution in [-0.2, 0) is 27.9 Å². The van der Waals surface area contributed by atoms with Crippen LogP contribution in [0.2, 0.25) is 0 Å². The van der Waals surface area contributed by atoms with Crippen LogP contribution in [0.1, 0.15) is 168 Å². The molecule has 0 aliphatic rings. The van der Waals surface area contributed by atoms with Gasteiger partial charge in [-0.05, 0) is 89.9 Å². The number of unbranched alkanes of at least 4 members (excludes halogenated alkanes) is 13. The van der Waals surface area contributed by atoms with Crippen LogP contribution in [-0.4, -0.2) is 75.6 Å². The molecular formula is C52H91NO7P+. The smallest absolute Gasteiger partial charge is 0.457 e. The molecule has 0 fully saturated rings. The minimum absolute atomic E-state index is 0.0771. The van der Waals surface area contributed by atoms with Crippen molar-refractivity contribution >= 4 is 13.8 Å². The van der Waals surface area contributed by atoms with E-state index in [4.69, 9.17) is 18.5 Å². The van der Waals surface area contributed by atoms with E-state index in [-0.39, 0.29) is 25.8 Å². The molecule has 0 bridgehead atoms. The summed E-state index contributed by atoms with van der Waals surface area (Å²) >= 11 is 0. The van der Waals surface area contributed by atoms with Gasteiger partial charge < -0.3 is 18.9 Å². The molecule has 0 aromatic carbocycles. The van der Waals surface area contributed by atoms with Crippen molar-refractivity contribution in [1.29, 1.82) is 0 Å². The Kier molecular flexibility index (Phi) is 42.2. The van der Waals surface area contributed by atoms with Gasteiger partial charge in [-0.3, -0.25) is 13.8 Å². The van der Waals surface area contributed by atoms with E-state index in [0.29, 0.717) is 24.1 Å². The third-order valence-corrected chi connectivity index (χ3v) is 10.6. The average Bonchev–Trinajstić information content (AvgIpc) is 3.22. The fourth-order valence-corrected chi connectivity index (χ4v) is 6.75. The number of rotatable bonds is 43. The number of nitrogens with zero attached hydrogens (tertiary/aromatic N) is 1. The van der Waals surface area contributed by atoms with Crippen molar-refractivity contribution in [3.8, 4) is 0 Å². The van der Waals surface area contributed by atoms with Crippen LogP contribution in [0.4, 0.5) is 0 Å². The molecule has 0 aromatic heterocycles. The highest BCUT2D eigenvalue weighted by molar-refractivity contribution is 7.47. The number of phosphoric ester groups is 1. The van der Waals surface area contributed by atoms with Crippen LogP contribution < -0.4 is 0 Å². The Morgan fingerprint density at radius 3 is 1.34 bits per heavy atom. The van der Waals surface area contributed by atoms with E-state index < -0.39 is 13.9 Å². The zero-order valence-corrected chi connectivity index (χ0v) is 40.5. The van der Waals surface area contributed by atoms with E-state index in [1.54, 1.807) is 0 Å². The van der Waals surface area contributed by atoms with Crippen molar-refractivity contribution in [1.82, 2.24) is 0 Å². The average molecular weight is 873 g/mol. The van der Waals surface area contributed by atoms with Crippen molar-refractivity contribution in [2.24, 2.45) is 0 Å². The van der Waals surface area contributed by atoms with E-state index in [1.807, 2.05) is 21.1 Å². The van der Waals surface area contributed by atoms with E-state index in [2.05, 4.69) is 111 Å². The van der Waals surface area contributed by atoms with Gasteiger partial charge in [-0.15, -0.1) is 0 Å². The van der Waals surface area contributed by atoms with Gasteiger partial charge in [-0.2, -0.15) is 0 Å². The highest BCUT2D eigenvalue weighted by Gasteiger charge is 2.26. The molecule has 0 heterocycles. The van der Waals surface area contributed by atoms with Gasteiger partial charge in [-0.1, -0.05) is 169 Å². The summed E-state index contributed by atoms with van der Waals surface area (Å²) in [6, 6.07) is 0. The first-order valence-corrected chi connectivity index (χ1v) is 25.5. The highest BCUT2D eigenvalue weighted by Crippen LogP contribution is 2.43. The first-order chi connectivity index (χ1) is 29.6. The second-order valence-corrected chi connectivity index (χ2v) is 18.2. The number of quaternary nitrogens is 1. The molecule has 0 saturated heterocycles. The molecule has 0 rings (SSSR count). The van der Waals surface area contributed by atoms with Crippen LogP contribution >= 0.6 is 7.82 Å². The van der Waals surface area contributed by atoms with Crippen molar-refractivity contribution in [2.45, 2.75) is 174 Å². The molecule has 0 radical (unpaired) electrons. The topological polar surface area (TPSA) is 91.3 Å². The Hall–Kier alpha value is -2.58. The zero-order chi connectivity index (χ0) is 44.8. The van der Waals surface area contributed by atoms with E-state index in [0.717, 1.165) is 103 Å². The fourth-order valence-electron chi connectivity index (χ4n) is 6.00. The van der Waals surface area contributed by atoms with E-state index in [1.165, 1.54) is 44.9 Å². The quantitative estimate of drug-likeness (QED) is 0.0214. The second kappa shape index (κ2) is 44.0. The van der Waals surface area contributed by atoms with Crippen molar-refractivity contribution < 1.29 is 37.3 Å². The molecule has 0 aromatic rings. The molecule has 8 nitrogen and oxygen atoms in total. The molecule has 9 heteroatoms. The number of allylic oxidation sites excluding steroid dienone is 16. The lowest BCUT2D eigenvalue weighted by molar-refractivity contribution is -0.870. The summed E-state index contributed by atoms with van der Waals surface area (Å²) in [5.41, 5.74) is 0. The summed E-state index contributed by atoms with van der Waals surface area (Å²) in [6.45, 7) is 5.32. The van der Waals surface area contributed by atoms with E-state index in [9.17, 15) is 14.3 Å². The maximum atomic E-state index is 12.7. The molecule has 2 unspecified atom stereocenters. The molecule has 0 saturated carbocycles. The largest absolute Gasteiger partial charge is 0.472 e. The van der Waals surface area contributed by atoms with Crippen molar-refractivity contribution in [2.75, 3.05) is 54.1 Å². The monoisotopic (exact) mass is 873 g/mol. The number of hydrogen-bond acceptors (Lipinski definition) is 6. The number of phosphoric acid groups is 1. The Morgan fingerprint density at radius 1 is 0.508 bits per heavy atom. The summed E-state index contributed by atoms with van der Waals surface area (Å²) < 4.78 is 35.1. The zero-order valence-electron chi connectivity index (χ0n) is 39.6. The molecule has 1 N–H and O–H groups in total. The van der Waals surface area contributed by atoms with Crippen molar-refractivity contribution in [3.05, 3.63) is 97.2 Å². The lowest BCUT2D eigenvalue weighted by atomic mass is 10.1. The van der Waals surface area contributed by atoms with Crippen LogP contribution in [0.25, 0.3) is 0 Å². The van der Waals surface area contributed by atoms with Gasteiger partial charge in [0.15, 0.2) is 0 Å². The molecular weight excluding hydrogens is 782 g/mol. The predicted octanol–water partition coefficient (Wildman–Crippen LogP) is 14.6. The van der Waals surface area contributed by atoms with Crippen LogP contribution in [0.3, 0.4) is 0 Å². The highest BCUT2D eigenvalue weighted by atomic mass is 31.2. The number of likely N-dealkylation sites (N-methyl/N-ethyl adjacent to an activating group) is 1. The summed E-state index contributed by atoms with van der Waals surface area (Å²) in [6.07, 6.45) is 60.2. The van der Waals surface area contributed by atoms with Crippen LogP contribution in [0.5, 0.6) is 0 Å². The fraction of sp³-hybridized carbons (Fsp3) is 0.673. The first-order valence-electron chi connectivity index (χ1n) is 24.0. The van der Waals surface area contributed by atoms with Gasteiger partial charge in [0.2, 0.25) is 0 Å². The van der Waals surface area contributed by atoms with Crippen molar-refractivity contribution in [3.63, 3.8) is 0 Å². The molecule has 2 atom stereocenters. The third-order valence-electron chi connectivity index (χ3n) is 9.64. The lowest BCUT2D eigenvalue weighted by Crippen LogP contribution is -2.37. The molecule has 61 heavy (non-hydrogen) atoms. The first kappa shape index (κ1) is 58.4. The number of carbonyl (C=O) groups is 1. The van der Waals surface area contributed by atoms with Gasteiger partial charge in [0.1, 0.15) is 19.3 Å². The van der Waals surface area contributed by atoms with E-state index >= 15 is 0 Å². The maximum absolute atomic E-state index is 12.7. The Bertz CT molecular complexity index is 1290. The van der Waals surface area contributed by atoms with Gasteiger partial charge in [0.25, 0.3) is 0 Å². The summed E-state index contributed by atoms with van der Waals surface area (Å²) in [7, 11) is 1.63. The number of esters is 1. The molecule has 350 valence electrons. The second-order valence-electron chi connectivity index (χ2n) is 16.7.